The number of fused-ring (bicyclic) bond motifs is 1. The van der Waals surface area contributed by atoms with Crippen LogP contribution in [0, 0.1) is 5.92 Å². The number of oxazole rings is 1. The molecule has 0 amide bonds. The van der Waals surface area contributed by atoms with E-state index in [4.69, 9.17) is 10.2 Å². The Morgan fingerprint density at radius 1 is 1.38 bits per heavy atom. The van der Waals surface area contributed by atoms with Crippen LogP contribution in [0.25, 0.3) is 11.1 Å². The number of nitrogens with zero attached hydrogens (tertiary/aromatic N) is 1. The van der Waals surface area contributed by atoms with Crippen molar-refractivity contribution < 1.29 is 12.8 Å². The van der Waals surface area contributed by atoms with Crippen molar-refractivity contribution in [3.63, 3.8) is 0 Å². The molecule has 1 aromatic carbocycles. The maximum atomic E-state index is 12.6. The summed E-state index contributed by atoms with van der Waals surface area (Å²) in [5.41, 5.74) is 6.57. The highest BCUT2D eigenvalue weighted by Crippen LogP contribution is 2.28. The number of nitrogens with one attached hydrogen (secondary N) is 1. The number of benzene rings is 1. The van der Waals surface area contributed by atoms with E-state index >= 15 is 0 Å². The van der Waals surface area contributed by atoms with E-state index < -0.39 is 15.8 Å². The predicted octanol–water partition coefficient (Wildman–Crippen LogP) is 1.35. The van der Waals surface area contributed by atoms with Gasteiger partial charge < -0.3 is 10.2 Å². The van der Waals surface area contributed by atoms with Gasteiger partial charge in [-0.15, -0.1) is 12.4 Å². The summed E-state index contributed by atoms with van der Waals surface area (Å²) in [4.78, 5) is 11.6. The SMILES string of the molecule is Cl.Cn1c(=O)oc2cc(S(=O)(=O)NC(CN)C3CCCC3)ccc21. The highest BCUT2D eigenvalue weighted by Gasteiger charge is 2.28. The van der Waals surface area contributed by atoms with Crippen LogP contribution in [0.3, 0.4) is 0 Å². The molecular weight excluding hydrogens is 354 g/mol. The highest BCUT2D eigenvalue weighted by molar-refractivity contribution is 7.89. The number of nitrogens with two attached hydrogens (primary N) is 1. The second-order valence-corrected chi connectivity index (χ2v) is 7.78. The van der Waals surface area contributed by atoms with E-state index in [-0.39, 0.29) is 41.4 Å². The number of aromatic nitrogens is 1. The Balaban J connectivity index is 0.00000208. The summed E-state index contributed by atoms with van der Waals surface area (Å²) in [6.07, 6.45) is 4.22. The van der Waals surface area contributed by atoms with E-state index in [9.17, 15) is 13.2 Å². The fourth-order valence-corrected chi connectivity index (χ4v) is 4.58. The lowest BCUT2D eigenvalue weighted by atomic mass is 9.99. The van der Waals surface area contributed by atoms with Gasteiger partial charge in [-0.2, -0.15) is 0 Å². The van der Waals surface area contributed by atoms with Gasteiger partial charge in [0.25, 0.3) is 0 Å². The third-order valence-corrected chi connectivity index (χ3v) is 6.09. The molecule has 1 heterocycles. The van der Waals surface area contributed by atoms with Crippen LogP contribution in [-0.4, -0.2) is 25.6 Å². The van der Waals surface area contributed by atoms with Crippen LogP contribution in [0.4, 0.5) is 0 Å². The van der Waals surface area contributed by atoms with E-state index in [1.165, 1.54) is 16.7 Å². The van der Waals surface area contributed by atoms with Gasteiger partial charge in [-0.25, -0.2) is 17.9 Å². The molecular formula is C15H22ClN3O4S. The van der Waals surface area contributed by atoms with Gasteiger partial charge in [0.05, 0.1) is 10.4 Å². The average molecular weight is 376 g/mol. The molecule has 0 aliphatic heterocycles. The Bertz CT molecular complexity index is 868. The fourth-order valence-electron chi connectivity index (χ4n) is 3.25. The molecule has 3 N–H and O–H groups in total. The molecule has 1 unspecified atom stereocenters. The largest absolute Gasteiger partial charge is 0.419 e. The molecule has 134 valence electrons. The molecule has 0 bridgehead atoms. The summed E-state index contributed by atoms with van der Waals surface area (Å²) in [5.74, 6) is -0.235. The monoisotopic (exact) mass is 375 g/mol. The number of rotatable bonds is 5. The Hall–Kier alpha value is -1.35. The number of aryl methyl sites for hydroxylation is 1. The van der Waals surface area contributed by atoms with Crippen molar-refractivity contribution in [2.75, 3.05) is 6.54 Å². The molecule has 9 heteroatoms. The van der Waals surface area contributed by atoms with Crippen molar-refractivity contribution in [3.8, 4) is 0 Å². The minimum Gasteiger partial charge on any atom is -0.408 e. The number of halogens is 1. The lowest BCUT2D eigenvalue weighted by Crippen LogP contribution is -2.44. The molecule has 1 fully saturated rings. The quantitative estimate of drug-likeness (QED) is 0.820. The van der Waals surface area contributed by atoms with E-state index in [0.717, 1.165) is 25.7 Å². The van der Waals surface area contributed by atoms with Crippen LogP contribution in [0.5, 0.6) is 0 Å². The maximum absolute atomic E-state index is 12.6. The van der Waals surface area contributed by atoms with Gasteiger partial charge in [-0.1, -0.05) is 12.8 Å². The average Bonchev–Trinajstić information content (AvgIpc) is 3.14. The van der Waals surface area contributed by atoms with Crippen LogP contribution < -0.4 is 16.2 Å². The van der Waals surface area contributed by atoms with Gasteiger partial charge in [-0.3, -0.25) is 4.57 Å². The first-order valence-corrected chi connectivity index (χ1v) is 9.22. The summed E-state index contributed by atoms with van der Waals surface area (Å²) in [6.45, 7) is 0.270. The number of hydrogen-bond acceptors (Lipinski definition) is 5. The van der Waals surface area contributed by atoms with E-state index in [1.54, 1.807) is 13.1 Å². The molecule has 1 aromatic heterocycles. The lowest BCUT2D eigenvalue weighted by Gasteiger charge is -2.22. The predicted molar refractivity (Wildman–Crippen MR) is 93.8 cm³/mol. The first-order chi connectivity index (χ1) is 10.9. The third-order valence-electron chi connectivity index (χ3n) is 4.60. The van der Waals surface area contributed by atoms with Gasteiger partial charge in [0.2, 0.25) is 10.0 Å². The Kier molecular flexibility index (Phi) is 5.74. The van der Waals surface area contributed by atoms with E-state index in [0.29, 0.717) is 5.52 Å². The summed E-state index contributed by atoms with van der Waals surface area (Å²) in [6, 6.07) is 4.16. The molecule has 0 saturated heterocycles. The van der Waals surface area contributed by atoms with Gasteiger partial charge >= 0.3 is 5.76 Å². The van der Waals surface area contributed by atoms with E-state index in [1.807, 2.05) is 0 Å². The molecule has 7 nitrogen and oxygen atoms in total. The van der Waals surface area contributed by atoms with Crippen molar-refractivity contribution in [1.29, 1.82) is 0 Å². The van der Waals surface area contributed by atoms with Gasteiger partial charge in [0, 0.05) is 25.7 Å². The van der Waals surface area contributed by atoms with Gasteiger partial charge in [0.1, 0.15) is 0 Å². The molecule has 1 atom stereocenters. The highest BCUT2D eigenvalue weighted by atomic mass is 35.5. The second kappa shape index (κ2) is 7.26. The summed E-state index contributed by atoms with van der Waals surface area (Å²) < 4.78 is 34.3. The summed E-state index contributed by atoms with van der Waals surface area (Å²) in [7, 11) is -2.13. The Morgan fingerprint density at radius 2 is 2.04 bits per heavy atom. The van der Waals surface area contributed by atoms with Crippen LogP contribution in [0.15, 0.2) is 32.3 Å². The van der Waals surface area contributed by atoms with Crippen LogP contribution in [0.2, 0.25) is 0 Å². The van der Waals surface area contributed by atoms with Crippen molar-refractivity contribution >= 4 is 33.5 Å². The molecule has 0 radical (unpaired) electrons. The number of hydrogen-bond donors (Lipinski definition) is 2. The summed E-state index contributed by atoms with van der Waals surface area (Å²) >= 11 is 0. The van der Waals surface area contributed by atoms with Crippen molar-refractivity contribution in [2.45, 2.75) is 36.6 Å². The minimum atomic E-state index is -3.71. The molecule has 2 aromatic rings. The van der Waals surface area contributed by atoms with Gasteiger partial charge in [0.15, 0.2) is 5.58 Å². The fraction of sp³-hybridized carbons (Fsp3) is 0.533. The Morgan fingerprint density at radius 3 is 2.67 bits per heavy atom. The lowest BCUT2D eigenvalue weighted by molar-refractivity contribution is 0.405. The van der Waals surface area contributed by atoms with Crippen molar-refractivity contribution in [3.05, 3.63) is 28.7 Å². The maximum Gasteiger partial charge on any atom is 0.419 e. The molecule has 24 heavy (non-hydrogen) atoms. The van der Waals surface area contributed by atoms with Crippen LogP contribution >= 0.6 is 12.4 Å². The standard InChI is InChI=1S/C15H21N3O4S.ClH/c1-18-13-7-6-11(8-14(13)22-15(18)19)23(20,21)17-12(9-16)10-4-2-3-5-10;/h6-8,10,12,17H,2-5,9,16H2,1H3;1H. The molecule has 3 rings (SSSR count). The second-order valence-electron chi connectivity index (χ2n) is 6.06. The normalized spacial score (nSPS) is 17.1. The van der Waals surface area contributed by atoms with Crippen LogP contribution in [0.1, 0.15) is 25.7 Å². The number of sulfonamides is 1. The molecule has 1 aliphatic carbocycles. The first-order valence-electron chi connectivity index (χ1n) is 7.74. The minimum absolute atomic E-state index is 0. The summed E-state index contributed by atoms with van der Waals surface area (Å²) in [5, 5.41) is 0. The Labute approximate surface area is 146 Å². The molecule has 1 saturated carbocycles. The molecule has 0 spiro atoms. The van der Waals surface area contributed by atoms with Gasteiger partial charge in [-0.05, 0) is 30.9 Å². The third kappa shape index (κ3) is 3.51. The van der Waals surface area contributed by atoms with Crippen molar-refractivity contribution in [2.24, 2.45) is 18.7 Å². The zero-order chi connectivity index (χ0) is 16.6. The van der Waals surface area contributed by atoms with Crippen LogP contribution in [-0.2, 0) is 17.1 Å². The topological polar surface area (TPSA) is 107 Å². The zero-order valence-corrected chi connectivity index (χ0v) is 15.0. The smallest absolute Gasteiger partial charge is 0.408 e. The van der Waals surface area contributed by atoms with Crippen molar-refractivity contribution in [1.82, 2.24) is 9.29 Å². The van der Waals surface area contributed by atoms with E-state index in [2.05, 4.69) is 4.72 Å². The zero-order valence-electron chi connectivity index (χ0n) is 13.4. The first kappa shape index (κ1) is 19.0. The molecule has 1 aliphatic rings.